The van der Waals surface area contributed by atoms with Crippen LogP contribution >= 0.6 is 11.8 Å². The number of para-hydroxylation sites is 2. The first kappa shape index (κ1) is 18.0. The van der Waals surface area contributed by atoms with Crippen molar-refractivity contribution in [1.29, 1.82) is 0 Å². The maximum atomic E-state index is 11.9. The Morgan fingerprint density at radius 1 is 1.15 bits per heavy atom. The molecule has 0 bridgehead atoms. The van der Waals surface area contributed by atoms with E-state index in [2.05, 4.69) is 10.3 Å². The van der Waals surface area contributed by atoms with Gasteiger partial charge < -0.3 is 4.74 Å². The second-order valence-corrected chi connectivity index (χ2v) is 6.55. The molecule has 0 fully saturated rings. The molecule has 26 heavy (non-hydrogen) atoms. The van der Waals surface area contributed by atoms with Gasteiger partial charge in [-0.3, -0.25) is 14.7 Å². The molecular weight excluding hydrogens is 350 g/mol. The van der Waals surface area contributed by atoms with E-state index in [1.807, 2.05) is 60.0 Å². The van der Waals surface area contributed by atoms with E-state index in [1.165, 1.54) is 17.3 Å². The van der Waals surface area contributed by atoms with E-state index in [0.29, 0.717) is 5.16 Å². The summed E-state index contributed by atoms with van der Waals surface area (Å²) in [6.45, 7) is 3.93. The fraction of sp³-hybridized carbons (Fsp3) is 0.211. The fourth-order valence-corrected chi connectivity index (χ4v) is 3.32. The van der Waals surface area contributed by atoms with Crippen molar-refractivity contribution in [3.63, 3.8) is 0 Å². The standard InChI is InChI=1S/C19H19N3O3S/c1-3-25-19(24)21-17(23)12-26-18-20-15-6-4-5-7-16(15)22(18)14-10-8-13(2)9-11-14/h4-11H,3,12H2,1-2H3,(H,21,23,24). The summed E-state index contributed by atoms with van der Waals surface area (Å²) in [7, 11) is 0. The third-order valence-corrected chi connectivity index (χ3v) is 4.61. The number of nitrogens with one attached hydrogen (secondary N) is 1. The molecule has 0 spiro atoms. The van der Waals surface area contributed by atoms with Gasteiger partial charge in [-0.05, 0) is 38.1 Å². The number of fused-ring (bicyclic) bond motifs is 1. The number of aryl methyl sites for hydroxylation is 1. The third kappa shape index (κ3) is 4.05. The van der Waals surface area contributed by atoms with Crippen molar-refractivity contribution < 1.29 is 14.3 Å². The molecule has 0 saturated carbocycles. The molecule has 0 atom stereocenters. The Bertz CT molecular complexity index is 935. The number of amides is 2. The highest BCUT2D eigenvalue weighted by Gasteiger charge is 2.15. The van der Waals surface area contributed by atoms with E-state index in [9.17, 15) is 9.59 Å². The molecule has 0 aliphatic heterocycles. The van der Waals surface area contributed by atoms with Crippen molar-refractivity contribution in [2.45, 2.75) is 19.0 Å². The number of thioether (sulfide) groups is 1. The average molecular weight is 369 g/mol. The molecule has 0 aliphatic rings. The maximum Gasteiger partial charge on any atom is 0.413 e. The first-order valence-corrected chi connectivity index (χ1v) is 9.21. The predicted octanol–water partition coefficient (Wildman–Crippen LogP) is 3.70. The van der Waals surface area contributed by atoms with Gasteiger partial charge in [0.15, 0.2) is 5.16 Å². The SMILES string of the molecule is CCOC(=O)NC(=O)CSc1nc2ccccc2n1-c1ccc(C)cc1. The number of rotatable bonds is 5. The van der Waals surface area contributed by atoms with E-state index in [1.54, 1.807) is 6.92 Å². The van der Waals surface area contributed by atoms with Crippen LogP contribution in [0.15, 0.2) is 53.7 Å². The zero-order valence-corrected chi connectivity index (χ0v) is 15.4. The minimum atomic E-state index is -0.731. The van der Waals surface area contributed by atoms with Crippen molar-refractivity contribution in [1.82, 2.24) is 14.9 Å². The van der Waals surface area contributed by atoms with Gasteiger partial charge in [0.1, 0.15) is 0 Å². The summed E-state index contributed by atoms with van der Waals surface area (Å²) in [6.07, 6.45) is -0.731. The fourth-order valence-electron chi connectivity index (χ4n) is 2.49. The molecule has 134 valence electrons. The first-order chi connectivity index (χ1) is 12.6. The number of hydrogen-bond donors (Lipinski definition) is 1. The Morgan fingerprint density at radius 2 is 1.88 bits per heavy atom. The third-order valence-electron chi connectivity index (χ3n) is 3.67. The van der Waals surface area contributed by atoms with Crippen LogP contribution in [-0.2, 0) is 9.53 Å². The van der Waals surface area contributed by atoms with E-state index >= 15 is 0 Å². The lowest BCUT2D eigenvalue weighted by Crippen LogP contribution is -2.32. The van der Waals surface area contributed by atoms with Gasteiger partial charge >= 0.3 is 6.09 Å². The van der Waals surface area contributed by atoms with Crippen LogP contribution in [0.25, 0.3) is 16.7 Å². The number of carbonyl (C=O) groups excluding carboxylic acids is 2. The van der Waals surface area contributed by atoms with Gasteiger partial charge in [-0.25, -0.2) is 9.78 Å². The summed E-state index contributed by atoms with van der Waals surface area (Å²) in [5, 5.41) is 2.88. The van der Waals surface area contributed by atoms with Crippen LogP contribution in [0.1, 0.15) is 12.5 Å². The van der Waals surface area contributed by atoms with Gasteiger partial charge in [0.25, 0.3) is 0 Å². The maximum absolute atomic E-state index is 11.9. The minimum Gasteiger partial charge on any atom is -0.450 e. The zero-order chi connectivity index (χ0) is 18.5. The van der Waals surface area contributed by atoms with Crippen molar-refractivity contribution >= 4 is 34.8 Å². The highest BCUT2D eigenvalue weighted by atomic mass is 32.2. The Hall–Kier alpha value is -2.80. The number of nitrogens with zero attached hydrogens (tertiary/aromatic N) is 2. The van der Waals surface area contributed by atoms with Crippen molar-refractivity contribution in [3.05, 3.63) is 54.1 Å². The van der Waals surface area contributed by atoms with Gasteiger partial charge in [-0.2, -0.15) is 0 Å². The number of imide groups is 1. The second kappa shape index (κ2) is 8.05. The average Bonchev–Trinajstić information content (AvgIpc) is 2.99. The van der Waals surface area contributed by atoms with Crippen LogP contribution < -0.4 is 5.32 Å². The lowest BCUT2D eigenvalue weighted by atomic mass is 10.2. The molecule has 0 radical (unpaired) electrons. The van der Waals surface area contributed by atoms with Gasteiger partial charge in [0.2, 0.25) is 5.91 Å². The van der Waals surface area contributed by atoms with E-state index in [4.69, 9.17) is 4.74 Å². The van der Waals surface area contributed by atoms with E-state index in [0.717, 1.165) is 16.7 Å². The molecule has 2 amide bonds. The lowest BCUT2D eigenvalue weighted by Gasteiger charge is -2.09. The van der Waals surface area contributed by atoms with Crippen LogP contribution in [0.5, 0.6) is 0 Å². The lowest BCUT2D eigenvalue weighted by molar-refractivity contribution is -0.117. The summed E-state index contributed by atoms with van der Waals surface area (Å²) in [5.74, 6) is -0.357. The van der Waals surface area contributed by atoms with Crippen LogP contribution in [-0.4, -0.2) is 33.9 Å². The number of carbonyl (C=O) groups is 2. The molecule has 3 rings (SSSR count). The number of alkyl carbamates (subject to hydrolysis) is 1. The number of benzene rings is 2. The quantitative estimate of drug-likeness (QED) is 0.694. The van der Waals surface area contributed by atoms with Gasteiger partial charge in [0.05, 0.1) is 23.4 Å². The predicted molar refractivity (Wildman–Crippen MR) is 102 cm³/mol. The number of hydrogen-bond acceptors (Lipinski definition) is 5. The highest BCUT2D eigenvalue weighted by molar-refractivity contribution is 7.99. The summed E-state index contributed by atoms with van der Waals surface area (Å²) < 4.78 is 6.73. The van der Waals surface area contributed by atoms with Crippen LogP contribution in [0.2, 0.25) is 0 Å². The van der Waals surface area contributed by atoms with Crippen LogP contribution in [0.4, 0.5) is 4.79 Å². The van der Waals surface area contributed by atoms with Gasteiger partial charge in [-0.15, -0.1) is 0 Å². The summed E-state index contributed by atoms with van der Waals surface area (Å²) in [6, 6.07) is 15.9. The number of imidazole rings is 1. The summed E-state index contributed by atoms with van der Waals surface area (Å²) >= 11 is 1.27. The van der Waals surface area contributed by atoms with Crippen molar-refractivity contribution in [2.75, 3.05) is 12.4 Å². The van der Waals surface area contributed by atoms with E-state index < -0.39 is 12.0 Å². The molecule has 0 aliphatic carbocycles. The Kier molecular flexibility index (Phi) is 5.58. The monoisotopic (exact) mass is 369 g/mol. The molecule has 1 aromatic heterocycles. The van der Waals surface area contributed by atoms with Crippen LogP contribution in [0.3, 0.4) is 0 Å². The largest absolute Gasteiger partial charge is 0.450 e. The van der Waals surface area contributed by atoms with Gasteiger partial charge in [-0.1, -0.05) is 41.6 Å². The molecule has 7 heteroatoms. The molecule has 0 saturated heterocycles. The number of aromatic nitrogens is 2. The summed E-state index contributed by atoms with van der Waals surface area (Å²) in [4.78, 5) is 27.9. The van der Waals surface area contributed by atoms with Crippen LogP contribution in [0, 0.1) is 6.92 Å². The Balaban J connectivity index is 1.86. The Labute approximate surface area is 155 Å². The summed E-state index contributed by atoms with van der Waals surface area (Å²) in [5.41, 5.74) is 3.95. The molecule has 2 aromatic carbocycles. The number of ether oxygens (including phenoxy) is 1. The molecular formula is C19H19N3O3S. The molecule has 0 unspecified atom stereocenters. The molecule has 6 nitrogen and oxygen atoms in total. The highest BCUT2D eigenvalue weighted by Crippen LogP contribution is 2.28. The van der Waals surface area contributed by atoms with Crippen molar-refractivity contribution in [2.24, 2.45) is 0 Å². The smallest absolute Gasteiger partial charge is 0.413 e. The molecule has 3 aromatic rings. The molecule has 1 N–H and O–H groups in total. The molecule has 1 heterocycles. The zero-order valence-electron chi connectivity index (χ0n) is 14.6. The topological polar surface area (TPSA) is 73.2 Å². The minimum absolute atomic E-state index is 0.0635. The normalized spacial score (nSPS) is 10.7. The second-order valence-electron chi connectivity index (χ2n) is 5.61. The Morgan fingerprint density at radius 3 is 2.62 bits per heavy atom. The van der Waals surface area contributed by atoms with Gasteiger partial charge in [0, 0.05) is 5.69 Å². The first-order valence-electron chi connectivity index (χ1n) is 8.22. The van der Waals surface area contributed by atoms with Crippen molar-refractivity contribution in [3.8, 4) is 5.69 Å². The van der Waals surface area contributed by atoms with E-state index in [-0.39, 0.29) is 12.4 Å².